The number of nitrogens with one attached hydrogen (secondary N) is 1. The summed E-state index contributed by atoms with van der Waals surface area (Å²) in [6.45, 7) is 5.89. The lowest BCUT2D eigenvalue weighted by Crippen LogP contribution is -2.37. The van der Waals surface area contributed by atoms with Gasteiger partial charge in [0.1, 0.15) is 0 Å². The normalized spacial score (nSPS) is 19.9. The van der Waals surface area contributed by atoms with E-state index in [2.05, 4.69) is 51.3 Å². The molecule has 0 radical (unpaired) electrons. The molecule has 0 bridgehead atoms. The Morgan fingerprint density at radius 1 is 1.53 bits per heavy atom. The SMILES string of the molecule is COCCN1CC(C)NCc2cc(Br)ccc21. The second-order valence-corrected chi connectivity index (χ2v) is 5.41. The van der Waals surface area contributed by atoms with Crippen LogP contribution < -0.4 is 10.2 Å². The highest BCUT2D eigenvalue weighted by Gasteiger charge is 2.18. The van der Waals surface area contributed by atoms with E-state index in [0.717, 1.165) is 30.7 Å². The molecule has 0 aromatic heterocycles. The molecule has 0 spiro atoms. The first-order chi connectivity index (χ1) is 8.20. The van der Waals surface area contributed by atoms with Crippen LogP contribution in [0.4, 0.5) is 5.69 Å². The highest BCUT2D eigenvalue weighted by atomic mass is 79.9. The van der Waals surface area contributed by atoms with Crippen molar-refractivity contribution in [3.63, 3.8) is 0 Å². The summed E-state index contributed by atoms with van der Waals surface area (Å²) in [5.41, 5.74) is 2.67. The van der Waals surface area contributed by atoms with Crippen LogP contribution in [0, 0.1) is 0 Å². The Labute approximate surface area is 111 Å². The molecule has 1 aliphatic rings. The Morgan fingerprint density at radius 2 is 2.35 bits per heavy atom. The smallest absolute Gasteiger partial charge is 0.0637 e. The second kappa shape index (κ2) is 5.85. The third-order valence-electron chi connectivity index (χ3n) is 3.08. The largest absolute Gasteiger partial charge is 0.383 e. The highest BCUT2D eigenvalue weighted by molar-refractivity contribution is 9.10. The molecule has 1 heterocycles. The zero-order valence-corrected chi connectivity index (χ0v) is 12.0. The van der Waals surface area contributed by atoms with E-state index in [0.29, 0.717) is 6.04 Å². The summed E-state index contributed by atoms with van der Waals surface area (Å²) in [5.74, 6) is 0. The minimum atomic E-state index is 0.498. The van der Waals surface area contributed by atoms with Gasteiger partial charge in [0.15, 0.2) is 0 Å². The first kappa shape index (κ1) is 12.9. The molecular formula is C13H19BrN2O. The molecule has 1 aromatic carbocycles. The third-order valence-corrected chi connectivity index (χ3v) is 3.58. The molecule has 3 nitrogen and oxygen atoms in total. The van der Waals surface area contributed by atoms with Crippen LogP contribution in [0.2, 0.25) is 0 Å². The molecule has 0 aliphatic carbocycles. The number of rotatable bonds is 3. The standard InChI is InChI=1S/C13H19BrN2O/c1-10-9-16(5-6-17-2)13-4-3-12(14)7-11(13)8-15-10/h3-4,7,10,15H,5-6,8-9H2,1-2H3. The van der Waals surface area contributed by atoms with E-state index in [-0.39, 0.29) is 0 Å². The number of hydrogen-bond acceptors (Lipinski definition) is 3. The van der Waals surface area contributed by atoms with Crippen molar-refractivity contribution in [2.75, 3.05) is 31.7 Å². The number of benzene rings is 1. The number of methoxy groups -OCH3 is 1. The van der Waals surface area contributed by atoms with E-state index >= 15 is 0 Å². The molecule has 0 saturated heterocycles. The van der Waals surface area contributed by atoms with E-state index in [4.69, 9.17) is 4.74 Å². The van der Waals surface area contributed by atoms with Crippen molar-refractivity contribution in [3.05, 3.63) is 28.2 Å². The van der Waals surface area contributed by atoms with Crippen LogP contribution in [0.3, 0.4) is 0 Å². The van der Waals surface area contributed by atoms with Gasteiger partial charge in [-0.25, -0.2) is 0 Å². The van der Waals surface area contributed by atoms with Crippen LogP contribution in [-0.2, 0) is 11.3 Å². The summed E-state index contributed by atoms with van der Waals surface area (Å²) >= 11 is 3.53. The molecule has 4 heteroatoms. The van der Waals surface area contributed by atoms with Crippen LogP contribution in [0.1, 0.15) is 12.5 Å². The fourth-order valence-corrected chi connectivity index (χ4v) is 2.60. The number of nitrogens with zero attached hydrogens (tertiary/aromatic N) is 1. The fraction of sp³-hybridized carbons (Fsp3) is 0.538. The first-order valence-electron chi connectivity index (χ1n) is 5.96. The third kappa shape index (κ3) is 3.21. The minimum Gasteiger partial charge on any atom is -0.383 e. The Morgan fingerprint density at radius 3 is 3.12 bits per heavy atom. The summed E-state index contributed by atoms with van der Waals surface area (Å²) in [5, 5.41) is 3.53. The summed E-state index contributed by atoms with van der Waals surface area (Å²) in [6, 6.07) is 6.99. The van der Waals surface area contributed by atoms with Crippen molar-refractivity contribution in [1.82, 2.24) is 5.32 Å². The summed E-state index contributed by atoms with van der Waals surface area (Å²) < 4.78 is 6.33. The predicted molar refractivity (Wildman–Crippen MR) is 74.5 cm³/mol. The summed E-state index contributed by atoms with van der Waals surface area (Å²) in [6.07, 6.45) is 0. The lowest BCUT2D eigenvalue weighted by Gasteiger charge is -2.26. The Hall–Kier alpha value is -0.580. The maximum Gasteiger partial charge on any atom is 0.0637 e. The van der Waals surface area contributed by atoms with E-state index in [1.165, 1.54) is 11.3 Å². The monoisotopic (exact) mass is 298 g/mol. The van der Waals surface area contributed by atoms with E-state index < -0.39 is 0 Å². The number of ether oxygens (including phenoxy) is 1. The van der Waals surface area contributed by atoms with Crippen molar-refractivity contribution in [2.24, 2.45) is 0 Å². The second-order valence-electron chi connectivity index (χ2n) is 4.49. The molecule has 0 amide bonds. The number of hydrogen-bond donors (Lipinski definition) is 1. The molecule has 1 N–H and O–H groups in total. The van der Waals surface area contributed by atoms with Gasteiger partial charge in [0.05, 0.1) is 6.61 Å². The summed E-state index contributed by atoms with van der Waals surface area (Å²) in [7, 11) is 1.75. The van der Waals surface area contributed by atoms with Crippen LogP contribution in [-0.4, -0.2) is 32.8 Å². The molecule has 2 rings (SSSR count). The van der Waals surface area contributed by atoms with Gasteiger partial charge in [0, 0.05) is 42.9 Å². The molecule has 1 unspecified atom stereocenters. The van der Waals surface area contributed by atoms with Crippen LogP contribution in [0.25, 0.3) is 0 Å². The van der Waals surface area contributed by atoms with Gasteiger partial charge >= 0.3 is 0 Å². The molecule has 94 valence electrons. The number of fused-ring (bicyclic) bond motifs is 1. The quantitative estimate of drug-likeness (QED) is 0.927. The van der Waals surface area contributed by atoms with Crippen LogP contribution >= 0.6 is 15.9 Å². The van der Waals surface area contributed by atoms with Gasteiger partial charge in [-0.2, -0.15) is 0 Å². The zero-order valence-electron chi connectivity index (χ0n) is 10.4. The fourth-order valence-electron chi connectivity index (χ4n) is 2.20. The van der Waals surface area contributed by atoms with Gasteiger partial charge in [0.2, 0.25) is 0 Å². The first-order valence-corrected chi connectivity index (χ1v) is 6.75. The molecule has 17 heavy (non-hydrogen) atoms. The molecule has 0 fully saturated rings. The summed E-state index contributed by atoms with van der Waals surface area (Å²) in [4.78, 5) is 2.40. The average molecular weight is 299 g/mol. The molecule has 1 aromatic rings. The van der Waals surface area contributed by atoms with Crippen molar-refractivity contribution in [2.45, 2.75) is 19.5 Å². The van der Waals surface area contributed by atoms with E-state index in [9.17, 15) is 0 Å². The maximum atomic E-state index is 5.19. The number of anilines is 1. The van der Waals surface area contributed by atoms with Crippen molar-refractivity contribution in [1.29, 1.82) is 0 Å². The van der Waals surface area contributed by atoms with E-state index in [1.807, 2.05) is 0 Å². The Kier molecular flexibility index (Phi) is 4.42. The van der Waals surface area contributed by atoms with Gasteiger partial charge in [-0.1, -0.05) is 15.9 Å². The van der Waals surface area contributed by atoms with Crippen molar-refractivity contribution >= 4 is 21.6 Å². The minimum absolute atomic E-state index is 0.498. The maximum absolute atomic E-state index is 5.19. The molecular weight excluding hydrogens is 280 g/mol. The Balaban J connectivity index is 2.25. The average Bonchev–Trinajstić information content (AvgIpc) is 2.46. The predicted octanol–water partition coefficient (Wildman–Crippen LogP) is 2.39. The lowest BCUT2D eigenvalue weighted by molar-refractivity contribution is 0.205. The van der Waals surface area contributed by atoms with Crippen molar-refractivity contribution in [3.8, 4) is 0 Å². The number of halogens is 1. The Bertz CT molecular complexity index is 384. The van der Waals surface area contributed by atoms with Gasteiger partial charge < -0.3 is 15.0 Å². The molecule has 1 atom stereocenters. The lowest BCUT2D eigenvalue weighted by atomic mass is 10.1. The van der Waals surface area contributed by atoms with Crippen LogP contribution in [0.5, 0.6) is 0 Å². The highest BCUT2D eigenvalue weighted by Crippen LogP contribution is 2.26. The van der Waals surface area contributed by atoms with Gasteiger partial charge in [-0.05, 0) is 30.7 Å². The zero-order chi connectivity index (χ0) is 12.3. The van der Waals surface area contributed by atoms with E-state index in [1.54, 1.807) is 7.11 Å². The topological polar surface area (TPSA) is 24.5 Å². The van der Waals surface area contributed by atoms with Crippen molar-refractivity contribution < 1.29 is 4.74 Å². The van der Waals surface area contributed by atoms with Gasteiger partial charge in [-0.3, -0.25) is 0 Å². The van der Waals surface area contributed by atoms with Gasteiger partial charge in [0.25, 0.3) is 0 Å². The molecule has 0 saturated carbocycles. The molecule has 1 aliphatic heterocycles. The van der Waals surface area contributed by atoms with Crippen LogP contribution in [0.15, 0.2) is 22.7 Å². The van der Waals surface area contributed by atoms with Gasteiger partial charge in [-0.15, -0.1) is 0 Å².